The number of hydrogen-bond donors (Lipinski definition) is 0. The van der Waals surface area contributed by atoms with E-state index in [-0.39, 0.29) is 5.56 Å². The number of esters is 1. The van der Waals surface area contributed by atoms with Crippen molar-refractivity contribution in [2.45, 2.75) is 6.92 Å². The van der Waals surface area contributed by atoms with E-state index in [0.717, 1.165) is 0 Å². The summed E-state index contributed by atoms with van der Waals surface area (Å²) in [6.07, 6.45) is 1.42. The van der Waals surface area contributed by atoms with Crippen LogP contribution < -0.4 is 0 Å². The molecule has 0 radical (unpaired) electrons. The summed E-state index contributed by atoms with van der Waals surface area (Å²) < 4.78 is 6.47. The van der Waals surface area contributed by atoms with E-state index in [1.165, 1.54) is 10.7 Å². The molecule has 0 saturated carbocycles. The zero-order valence-corrected chi connectivity index (χ0v) is 10.8. The van der Waals surface area contributed by atoms with Crippen LogP contribution in [0.15, 0.2) is 24.4 Å². The molecule has 0 aliphatic rings. The second-order valence-corrected chi connectivity index (χ2v) is 4.28. The van der Waals surface area contributed by atoms with Crippen LogP contribution in [0.4, 0.5) is 0 Å². The highest BCUT2D eigenvalue weighted by Crippen LogP contribution is 2.19. The number of nitrogens with zero attached hydrogens (tertiary/aromatic N) is 4. The van der Waals surface area contributed by atoms with E-state index in [2.05, 4.69) is 15.3 Å². The zero-order valence-electron chi connectivity index (χ0n) is 10.00. The minimum atomic E-state index is -0.465. The number of ether oxygens (including phenoxy) is 1. The van der Waals surface area contributed by atoms with Gasteiger partial charge in [0.2, 0.25) is 0 Å². The Bertz CT molecular complexity index is 784. The van der Waals surface area contributed by atoms with Crippen molar-refractivity contribution < 1.29 is 9.53 Å². The highest BCUT2D eigenvalue weighted by molar-refractivity contribution is 6.31. The van der Waals surface area contributed by atoms with Crippen LogP contribution in [0.25, 0.3) is 16.7 Å². The van der Waals surface area contributed by atoms with Crippen molar-refractivity contribution in [3.8, 4) is 0 Å². The second kappa shape index (κ2) is 4.47. The third kappa shape index (κ3) is 1.90. The Balaban J connectivity index is 2.27. The van der Waals surface area contributed by atoms with Gasteiger partial charge < -0.3 is 4.74 Å². The van der Waals surface area contributed by atoms with Gasteiger partial charge in [0.25, 0.3) is 0 Å². The number of benzene rings is 1. The first-order valence-corrected chi connectivity index (χ1v) is 6.05. The molecule has 0 amide bonds. The van der Waals surface area contributed by atoms with Crippen LogP contribution in [0.3, 0.4) is 0 Å². The average Bonchev–Trinajstić information content (AvgIpc) is 2.83. The molecule has 3 rings (SSSR count). The molecule has 0 atom stereocenters. The molecule has 0 aliphatic heterocycles. The topological polar surface area (TPSA) is 69.4 Å². The average molecular weight is 277 g/mol. The summed E-state index contributed by atoms with van der Waals surface area (Å²) >= 11 is 5.96. The molecule has 0 spiro atoms. The third-order valence-electron chi connectivity index (χ3n) is 2.66. The molecule has 0 N–H and O–H groups in total. The Hall–Kier alpha value is -2.21. The summed E-state index contributed by atoms with van der Waals surface area (Å²) in [4.78, 5) is 11.8. The SMILES string of the molecule is CCOC(=O)c1cnn2c1nnc1ccc(Cl)cc12. The molecule has 6 nitrogen and oxygen atoms in total. The van der Waals surface area contributed by atoms with Crippen molar-refractivity contribution in [1.29, 1.82) is 0 Å². The highest BCUT2D eigenvalue weighted by atomic mass is 35.5. The van der Waals surface area contributed by atoms with Crippen molar-refractivity contribution in [3.05, 3.63) is 35.0 Å². The molecule has 0 fully saturated rings. The first-order valence-electron chi connectivity index (χ1n) is 5.67. The summed E-state index contributed by atoms with van der Waals surface area (Å²) in [5.74, 6) is -0.465. The lowest BCUT2D eigenvalue weighted by Gasteiger charge is -2.01. The van der Waals surface area contributed by atoms with Gasteiger partial charge in [0, 0.05) is 5.02 Å². The maximum Gasteiger partial charge on any atom is 0.343 e. The van der Waals surface area contributed by atoms with Gasteiger partial charge in [0.1, 0.15) is 11.1 Å². The van der Waals surface area contributed by atoms with E-state index in [4.69, 9.17) is 16.3 Å². The molecule has 2 aromatic heterocycles. The molecule has 3 aromatic rings. The second-order valence-electron chi connectivity index (χ2n) is 3.85. The van der Waals surface area contributed by atoms with Crippen LogP contribution in [0, 0.1) is 0 Å². The normalized spacial score (nSPS) is 11.1. The van der Waals surface area contributed by atoms with E-state index in [1.54, 1.807) is 25.1 Å². The Morgan fingerprint density at radius 1 is 1.42 bits per heavy atom. The van der Waals surface area contributed by atoms with Gasteiger partial charge in [-0.15, -0.1) is 10.2 Å². The minimum Gasteiger partial charge on any atom is -0.462 e. The van der Waals surface area contributed by atoms with Crippen LogP contribution >= 0.6 is 11.6 Å². The zero-order chi connectivity index (χ0) is 13.4. The predicted octanol–water partition coefficient (Wildman–Crippen LogP) is 2.11. The Labute approximate surface area is 113 Å². The lowest BCUT2D eigenvalue weighted by Crippen LogP contribution is -2.05. The van der Waals surface area contributed by atoms with E-state index in [1.807, 2.05) is 0 Å². The fourth-order valence-corrected chi connectivity index (χ4v) is 1.99. The molecular formula is C12H9ClN4O2. The summed E-state index contributed by atoms with van der Waals surface area (Å²) in [7, 11) is 0. The smallest absolute Gasteiger partial charge is 0.343 e. The molecule has 0 saturated heterocycles. The summed E-state index contributed by atoms with van der Waals surface area (Å²) in [5.41, 5.74) is 1.98. The van der Waals surface area contributed by atoms with E-state index in [9.17, 15) is 4.79 Å². The van der Waals surface area contributed by atoms with Crippen LogP contribution in [0.2, 0.25) is 5.02 Å². The fraction of sp³-hybridized carbons (Fsp3) is 0.167. The van der Waals surface area contributed by atoms with Crippen molar-refractivity contribution >= 4 is 34.3 Å². The maximum atomic E-state index is 11.8. The van der Waals surface area contributed by atoms with Crippen LogP contribution in [0.5, 0.6) is 0 Å². The van der Waals surface area contributed by atoms with Crippen molar-refractivity contribution in [2.24, 2.45) is 0 Å². The number of rotatable bonds is 2. The molecule has 0 unspecified atom stereocenters. The Morgan fingerprint density at radius 3 is 3.05 bits per heavy atom. The van der Waals surface area contributed by atoms with Crippen molar-refractivity contribution in [1.82, 2.24) is 19.8 Å². The molecular weight excluding hydrogens is 268 g/mol. The van der Waals surface area contributed by atoms with E-state index < -0.39 is 5.97 Å². The molecule has 2 heterocycles. The van der Waals surface area contributed by atoms with Gasteiger partial charge in [-0.1, -0.05) is 11.6 Å². The molecule has 96 valence electrons. The predicted molar refractivity (Wildman–Crippen MR) is 69.3 cm³/mol. The number of carbonyl (C=O) groups is 1. The number of aromatic nitrogens is 4. The number of halogens is 1. The summed E-state index contributed by atoms with van der Waals surface area (Å²) in [6, 6.07) is 5.19. The quantitative estimate of drug-likeness (QED) is 0.671. The molecule has 0 bridgehead atoms. The largest absolute Gasteiger partial charge is 0.462 e. The van der Waals surface area contributed by atoms with Crippen LogP contribution in [-0.2, 0) is 4.74 Å². The van der Waals surface area contributed by atoms with E-state index in [0.29, 0.717) is 28.3 Å². The Kier molecular flexibility index (Phi) is 2.79. The van der Waals surface area contributed by atoms with Crippen LogP contribution in [0.1, 0.15) is 17.3 Å². The molecule has 7 heteroatoms. The third-order valence-corrected chi connectivity index (χ3v) is 2.89. The van der Waals surface area contributed by atoms with Gasteiger partial charge in [0.05, 0.1) is 18.3 Å². The van der Waals surface area contributed by atoms with Gasteiger partial charge in [-0.3, -0.25) is 0 Å². The van der Waals surface area contributed by atoms with Gasteiger partial charge in [-0.2, -0.15) is 5.10 Å². The fourth-order valence-electron chi connectivity index (χ4n) is 1.82. The van der Waals surface area contributed by atoms with Crippen LogP contribution in [-0.4, -0.2) is 32.4 Å². The number of carbonyl (C=O) groups excluding carboxylic acids is 1. The first-order chi connectivity index (χ1) is 9.20. The lowest BCUT2D eigenvalue weighted by atomic mass is 10.3. The molecule has 0 aliphatic carbocycles. The van der Waals surface area contributed by atoms with Gasteiger partial charge in [-0.25, -0.2) is 9.31 Å². The van der Waals surface area contributed by atoms with Crippen molar-refractivity contribution in [2.75, 3.05) is 6.61 Å². The molecule has 19 heavy (non-hydrogen) atoms. The number of hydrogen-bond acceptors (Lipinski definition) is 5. The van der Waals surface area contributed by atoms with Gasteiger partial charge in [0.15, 0.2) is 5.65 Å². The highest BCUT2D eigenvalue weighted by Gasteiger charge is 2.17. The number of fused-ring (bicyclic) bond motifs is 3. The molecule has 1 aromatic carbocycles. The standard InChI is InChI=1S/C12H9ClN4O2/c1-2-19-12(18)8-6-14-17-10-5-7(13)3-4-9(10)15-16-11(8)17/h3-6H,2H2,1H3. The lowest BCUT2D eigenvalue weighted by molar-refractivity contribution is 0.0528. The summed E-state index contributed by atoms with van der Waals surface area (Å²) in [5, 5.41) is 12.8. The van der Waals surface area contributed by atoms with E-state index >= 15 is 0 Å². The van der Waals surface area contributed by atoms with Gasteiger partial charge >= 0.3 is 5.97 Å². The van der Waals surface area contributed by atoms with Gasteiger partial charge in [-0.05, 0) is 25.1 Å². The monoisotopic (exact) mass is 276 g/mol. The van der Waals surface area contributed by atoms with Crippen molar-refractivity contribution in [3.63, 3.8) is 0 Å². The summed E-state index contributed by atoms with van der Waals surface area (Å²) in [6.45, 7) is 2.04. The Morgan fingerprint density at radius 2 is 2.26 bits per heavy atom. The maximum absolute atomic E-state index is 11.8. The first kappa shape index (κ1) is 11.9. The minimum absolute atomic E-state index is 0.288.